The number of amides is 1. The Labute approximate surface area is 206 Å². The third-order valence-electron chi connectivity index (χ3n) is 6.02. The van der Waals surface area contributed by atoms with Gasteiger partial charge in [0.2, 0.25) is 5.95 Å². The SMILES string of the molecule is Cc1nc(Nc2ncc(F)c(-c3cc(F)c4nc(C)n(C(C)C)c4c3)n2)ccc1N1CCCOC1=O. The maximum Gasteiger partial charge on any atom is 0.414 e. The Balaban J connectivity index is 1.47. The van der Waals surface area contributed by atoms with E-state index in [9.17, 15) is 13.6 Å². The second-order valence-corrected chi connectivity index (χ2v) is 8.88. The second-order valence-electron chi connectivity index (χ2n) is 8.88. The highest BCUT2D eigenvalue weighted by Crippen LogP contribution is 2.31. The van der Waals surface area contributed by atoms with Crippen LogP contribution in [0.2, 0.25) is 0 Å². The molecule has 1 fully saturated rings. The summed E-state index contributed by atoms with van der Waals surface area (Å²) in [7, 11) is 0. The van der Waals surface area contributed by atoms with Crippen LogP contribution in [0.4, 0.5) is 31.0 Å². The van der Waals surface area contributed by atoms with Gasteiger partial charge >= 0.3 is 6.09 Å². The van der Waals surface area contributed by atoms with E-state index >= 15 is 0 Å². The number of rotatable bonds is 5. The lowest BCUT2D eigenvalue weighted by Crippen LogP contribution is -2.38. The number of aromatic nitrogens is 5. The van der Waals surface area contributed by atoms with Gasteiger partial charge in [0.05, 0.1) is 29.7 Å². The van der Waals surface area contributed by atoms with E-state index in [4.69, 9.17) is 4.74 Å². The third-order valence-corrected chi connectivity index (χ3v) is 6.02. The molecule has 186 valence electrons. The van der Waals surface area contributed by atoms with Crippen LogP contribution in [0.15, 0.2) is 30.5 Å². The molecule has 5 rings (SSSR count). The largest absolute Gasteiger partial charge is 0.449 e. The van der Waals surface area contributed by atoms with Crippen molar-refractivity contribution in [2.24, 2.45) is 0 Å². The van der Waals surface area contributed by atoms with Crippen molar-refractivity contribution < 1.29 is 18.3 Å². The Kier molecular flexibility index (Phi) is 5.99. The molecule has 3 aromatic heterocycles. The van der Waals surface area contributed by atoms with Gasteiger partial charge in [0.25, 0.3) is 0 Å². The van der Waals surface area contributed by atoms with Gasteiger partial charge in [-0.15, -0.1) is 0 Å². The Morgan fingerprint density at radius 1 is 1.08 bits per heavy atom. The van der Waals surface area contributed by atoms with Crippen LogP contribution < -0.4 is 10.2 Å². The van der Waals surface area contributed by atoms with Crippen molar-refractivity contribution in [1.29, 1.82) is 0 Å². The Morgan fingerprint density at radius 2 is 1.89 bits per heavy atom. The van der Waals surface area contributed by atoms with Gasteiger partial charge in [-0.1, -0.05) is 0 Å². The van der Waals surface area contributed by atoms with Gasteiger partial charge in [-0.05, 0) is 58.4 Å². The van der Waals surface area contributed by atoms with Crippen LogP contribution >= 0.6 is 0 Å². The fraction of sp³-hybridized carbons (Fsp3) is 0.320. The summed E-state index contributed by atoms with van der Waals surface area (Å²) >= 11 is 0. The monoisotopic (exact) mass is 493 g/mol. The lowest BCUT2D eigenvalue weighted by molar-refractivity contribution is 0.140. The molecule has 1 N–H and O–H groups in total. The molecule has 36 heavy (non-hydrogen) atoms. The number of aryl methyl sites for hydroxylation is 2. The number of carbonyl (C=O) groups excluding carboxylic acids is 1. The van der Waals surface area contributed by atoms with E-state index in [-0.39, 0.29) is 28.8 Å². The first-order valence-corrected chi connectivity index (χ1v) is 11.6. The maximum atomic E-state index is 14.9. The summed E-state index contributed by atoms with van der Waals surface area (Å²) in [6.07, 6.45) is 1.36. The van der Waals surface area contributed by atoms with Crippen molar-refractivity contribution in [3.05, 3.63) is 53.6 Å². The van der Waals surface area contributed by atoms with Gasteiger partial charge in [0.15, 0.2) is 11.6 Å². The first-order chi connectivity index (χ1) is 17.2. The van der Waals surface area contributed by atoms with Crippen molar-refractivity contribution >= 4 is 34.6 Å². The average molecular weight is 494 g/mol. The number of hydrogen-bond acceptors (Lipinski definition) is 7. The number of carbonyl (C=O) groups is 1. The quantitative estimate of drug-likeness (QED) is 0.394. The van der Waals surface area contributed by atoms with Crippen LogP contribution in [0.3, 0.4) is 0 Å². The fourth-order valence-corrected chi connectivity index (χ4v) is 4.48. The number of fused-ring (bicyclic) bond motifs is 1. The molecule has 0 unspecified atom stereocenters. The lowest BCUT2D eigenvalue weighted by atomic mass is 10.1. The summed E-state index contributed by atoms with van der Waals surface area (Å²) in [6.45, 7) is 8.48. The van der Waals surface area contributed by atoms with Gasteiger partial charge in [0.1, 0.15) is 22.9 Å². The normalized spacial score (nSPS) is 14.0. The van der Waals surface area contributed by atoms with Crippen LogP contribution in [-0.4, -0.2) is 43.7 Å². The maximum absolute atomic E-state index is 14.9. The topological polar surface area (TPSA) is 98.1 Å². The summed E-state index contributed by atoms with van der Waals surface area (Å²) < 4.78 is 36.7. The highest BCUT2D eigenvalue weighted by Gasteiger charge is 2.23. The van der Waals surface area contributed by atoms with Gasteiger partial charge in [-0.25, -0.2) is 33.5 Å². The van der Waals surface area contributed by atoms with Crippen LogP contribution in [0, 0.1) is 25.5 Å². The second kappa shape index (κ2) is 9.14. The highest BCUT2D eigenvalue weighted by atomic mass is 19.1. The predicted octanol–water partition coefficient (Wildman–Crippen LogP) is 5.45. The highest BCUT2D eigenvalue weighted by molar-refractivity contribution is 5.89. The molecule has 1 aliphatic rings. The van der Waals surface area contributed by atoms with E-state index in [0.29, 0.717) is 41.7 Å². The molecular formula is C25H25F2N7O2. The van der Waals surface area contributed by atoms with E-state index in [1.54, 1.807) is 32.0 Å². The zero-order chi connectivity index (χ0) is 25.6. The molecular weight excluding hydrogens is 468 g/mol. The number of nitrogens with zero attached hydrogens (tertiary/aromatic N) is 6. The molecule has 0 bridgehead atoms. The van der Waals surface area contributed by atoms with Crippen LogP contribution in [-0.2, 0) is 4.74 Å². The number of ether oxygens (including phenoxy) is 1. The van der Waals surface area contributed by atoms with Gasteiger partial charge < -0.3 is 14.6 Å². The minimum absolute atomic E-state index is 0.0428. The minimum atomic E-state index is -0.685. The first kappa shape index (κ1) is 23.6. The average Bonchev–Trinajstić information content (AvgIpc) is 3.18. The van der Waals surface area contributed by atoms with Crippen molar-refractivity contribution in [1.82, 2.24) is 24.5 Å². The molecule has 1 aliphatic heterocycles. The number of cyclic esters (lactones) is 1. The molecule has 0 saturated carbocycles. The van der Waals surface area contributed by atoms with Crippen LogP contribution in [0.5, 0.6) is 0 Å². The van der Waals surface area contributed by atoms with Crippen molar-refractivity contribution in [2.75, 3.05) is 23.4 Å². The molecule has 1 amide bonds. The smallest absolute Gasteiger partial charge is 0.414 e. The number of nitrogens with one attached hydrogen (secondary N) is 1. The summed E-state index contributed by atoms with van der Waals surface area (Å²) in [5, 5.41) is 2.96. The fourth-order valence-electron chi connectivity index (χ4n) is 4.48. The zero-order valence-electron chi connectivity index (χ0n) is 20.3. The molecule has 0 aliphatic carbocycles. The molecule has 11 heteroatoms. The molecule has 1 saturated heterocycles. The number of pyridine rings is 1. The van der Waals surface area contributed by atoms with Crippen molar-refractivity contribution in [3.63, 3.8) is 0 Å². The molecule has 9 nitrogen and oxygen atoms in total. The predicted molar refractivity (Wildman–Crippen MR) is 131 cm³/mol. The number of benzene rings is 1. The number of anilines is 3. The lowest BCUT2D eigenvalue weighted by Gasteiger charge is -2.27. The summed E-state index contributed by atoms with van der Waals surface area (Å²) in [5.41, 5.74) is 2.27. The zero-order valence-corrected chi connectivity index (χ0v) is 20.3. The van der Waals surface area contributed by atoms with E-state index < -0.39 is 17.7 Å². The molecule has 0 spiro atoms. The Bertz CT molecular complexity index is 1490. The van der Waals surface area contributed by atoms with E-state index in [1.807, 2.05) is 18.4 Å². The molecule has 1 aromatic carbocycles. The van der Waals surface area contributed by atoms with Gasteiger partial charge in [0, 0.05) is 18.2 Å². The van der Waals surface area contributed by atoms with Gasteiger partial charge in [-0.3, -0.25) is 4.90 Å². The van der Waals surface area contributed by atoms with Gasteiger partial charge in [-0.2, -0.15) is 0 Å². The van der Waals surface area contributed by atoms with E-state index in [1.165, 1.54) is 11.0 Å². The molecule has 0 atom stereocenters. The summed E-state index contributed by atoms with van der Waals surface area (Å²) in [5.74, 6) is -0.0625. The molecule has 0 radical (unpaired) electrons. The summed E-state index contributed by atoms with van der Waals surface area (Å²) in [4.78, 5) is 30.7. The molecule has 4 aromatic rings. The number of hydrogen-bond donors (Lipinski definition) is 1. The van der Waals surface area contributed by atoms with Crippen molar-refractivity contribution in [2.45, 2.75) is 40.2 Å². The number of halogens is 2. The Hall–Kier alpha value is -4.15. The standard InChI is InChI=1S/C25H25F2N7O2/c1-13(2)34-15(4)30-23-17(26)10-16(11-20(23)34)22-18(27)12-28-24(32-22)31-21-7-6-19(14(3)29-21)33-8-5-9-36-25(33)35/h6-7,10-13H,5,8-9H2,1-4H3,(H,28,29,31,32). The first-order valence-electron chi connectivity index (χ1n) is 11.6. The van der Waals surface area contributed by atoms with E-state index in [0.717, 1.165) is 12.6 Å². The van der Waals surface area contributed by atoms with Crippen molar-refractivity contribution in [3.8, 4) is 11.3 Å². The third kappa shape index (κ3) is 4.21. The minimum Gasteiger partial charge on any atom is -0.449 e. The molecule has 4 heterocycles. The van der Waals surface area contributed by atoms with Crippen LogP contribution in [0.25, 0.3) is 22.3 Å². The summed E-state index contributed by atoms with van der Waals surface area (Å²) in [6, 6.07) is 6.37. The Morgan fingerprint density at radius 3 is 2.61 bits per heavy atom. The van der Waals surface area contributed by atoms with Crippen LogP contribution in [0.1, 0.15) is 37.8 Å². The van der Waals surface area contributed by atoms with E-state index in [2.05, 4.69) is 25.3 Å². The number of imidazole rings is 1.